The molecule has 0 heterocycles. The second-order valence-electron chi connectivity index (χ2n) is 5.39. The fourth-order valence-electron chi connectivity index (χ4n) is 3.01. The van der Waals surface area contributed by atoms with Crippen molar-refractivity contribution in [1.82, 2.24) is 0 Å². The van der Waals surface area contributed by atoms with Gasteiger partial charge in [-0.05, 0) is 44.9 Å². The van der Waals surface area contributed by atoms with Crippen LogP contribution < -0.4 is 0 Å². The van der Waals surface area contributed by atoms with Crippen molar-refractivity contribution in [2.75, 3.05) is 7.11 Å². The quantitative estimate of drug-likeness (QED) is 0.779. The molecule has 0 aromatic heterocycles. The van der Waals surface area contributed by atoms with Crippen molar-refractivity contribution in [1.29, 1.82) is 0 Å². The molecular weight excluding hydrogens is 188 g/mol. The molecule has 1 rings (SSSR count). The largest absolute Gasteiger partial charge is 0.390 e. The van der Waals surface area contributed by atoms with Crippen LogP contribution in [0, 0.1) is 11.8 Å². The number of rotatable bonds is 4. The van der Waals surface area contributed by atoms with E-state index in [9.17, 15) is 5.11 Å². The van der Waals surface area contributed by atoms with Gasteiger partial charge in [-0.15, -0.1) is 0 Å². The highest BCUT2D eigenvalue weighted by Gasteiger charge is 2.38. The summed E-state index contributed by atoms with van der Waals surface area (Å²) < 4.78 is 5.45. The van der Waals surface area contributed by atoms with Crippen molar-refractivity contribution in [3.8, 4) is 0 Å². The summed E-state index contributed by atoms with van der Waals surface area (Å²) in [6.07, 6.45) is 5.72. The zero-order chi connectivity index (χ0) is 11.5. The maximum Gasteiger partial charge on any atom is 0.0622 e. The van der Waals surface area contributed by atoms with Crippen LogP contribution in [0.5, 0.6) is 0 Å². The van der Waals surface area contributed by atoms with Crippen LogP contribution in [0.4, 0.5) is 0 Å². The van der Waals surface area contributed by atoms with E-state index < -0.39 is 5.60 Å². The van der Waals surface area contributed by atoms with E-state index in [4.69, 9.17) is 4.74 Å². The molecule has 15 heavy (non-hydrogen) atoms. The second-order valence-corrected chi connectivity index (χ2v) is 5.39. The summed E-state index contributed by atoms with van der Waals surface area (Å²) >= 11 is 0. The Hall–Kier alpha value is -0.0800. The molecule has 0 radical (unpaired) electrons. The lowest BCUT2D eigenvalue weighted by Gasteiger charge is -2.42. The van der Waals surface area contributed by atoms with Gasteiger partial charge in [0.2, 0.25) is 0 Å². The van der Waals surface area contributed by atoms with Crippen molar-refractivity contribution < 1.29 is 9.84 Å². The lowest BCUT2D eigenvalue weighted by Crippen LogP contribution is -2.40. The predicted molar refractivity (Wildman–Crippen MR) is 62.8 cm³/mol. The summed E-state index contributed by atoms with van der Waals surface area (Å²) in [6, 6.07) is 0. The molecule has 1 aliphatic carbocycles. The maximum atomic E-state index is 10.1. The molecule has 1 N–H and O–H groups in total. The van der Waals surface area contributed by atoms with Crippen molar-refractivity contribution in [2.45, 2.75) is 64.6 Å². The van der Waals surface area contributed by atoms with Crippen molar-refractivity contribution in [3.05, 3.63) is 0 Å². The Morgan fingerprint density at radius 2 is 2.20 bits per heavy atom. The van der Waals surface area contributed by atoms with Gasteiger partial charge >= 0.3 is 0 Å². The van der Waals surface area contributed by atoms with Gasteiger partial charge in [0.05, 0.1) is 11.7 Å². The minimum Gasteiger partial charge on any atom is -0.390 e. The molecule has 0 saturated heterocycles. The summed E-state index contributed by atoms with van der Waals surface area (Å²) in [5.41, 5.74) is -0.441. The van der Waals surface area contributed by atoms with E-state index in [0.29, 0.717) is 17.9 Å². The standard InChI is InChI=1S/C13H26O2/c1-5-6-11-9-13(3,14)8-7-12(11)10(2)15-4/h10-12,14H,5-9H2,1-4H3. The van der Waals surface area contributed by atoms with Gasteiger partial charge in [0.25, 0.3) is 0 Å². The monoisotopic (exact) mass is 214 g/mol. The van der Waals surface area contributed by atoms with Gasteiger partial charge in [-0.1, -0.05) is 19.8 Å². The van der Waals surface area contributed by atoms with Gasteiger partial charge in [0.1, 0.15) is 0 Å². The number of hydrogen-bond acceptors (Lipinski definition) is 2. The molecule has 0 spiro atoms. The molecule has 1 fully saturated rings. The minimum absolute atomic E-state index is 0.331. The van der Waals surface area contributed by atoms with Gasteiger partial charge < -0.3 is 9.84 Å². The maximum absolute atomic E-state index is 10.1. The number of hydrogen-bond donors (Lipinski definition) is 1. The first-order chi connectivity index (χ1) is 7.00. The van der Waals surface area contributed by atoms with E-state index in [1.807, 2.05) is 6.92 Å². The van der Waals surface area contributed by atoms with E-state index in [0.717, 1.165) is 19.3 Å². The zero-order valence-corrected chi connectivity index (χ0v) is 10.6. The Bertz CT molecular complexity index is 189. The van der Waals surface area contributed by atoms with Crippen molar-refractivity contribution in [2.24, 2.45) is 11.8 Å². The first-order valence-corrected chi connectivity index (χ1v) is 6.25. The Morgan fingerprint density at radius 1 is 1.53 bits per heavy atom. The number of aliphatic hydroxyl groups is 1. The summed E-state index contributed by atoms with van der Waals surface area (Å²) in [5, 5.41) is 10.1. The predicted octanol–water partition coefficient (Wildman–Crippen LogP) is 2.99. The molecule has 1 saturated carbocycles. The Morgan fingerprint density at radius 3 is 2.73 bits per heavy atom. The molecule has 4 atom stereocenters. The van der Waals surface area contributed by atoms with Gasteiger partial charge in [-0.3, -0.25) is 0 Å². The number of ether oxygens (including phenoxy) is 1. The highest BCUT2D eigenvalue weighted by atomic mass is 16.5. The molecule has 0 amide bonds. The third-order valence-electron chi connectivity index (χ3n) is 3.96. The van der Waals surface area contributed by atoms with E-state index in [2.05, 4.69) is 13.8 Å². The second kappa shape index (κ2) is 5.31. The fraction of sp³-hybridized carbons (Fsp3) is 1.00. The summed E-state index contributed by atoms with van der Waals surface area (Å²) in [4.78, 5) is 0. The Kier molecular flexibility index (Phi) is 4.60. The minimum atomic E-state index is -0.441. The van der Waals surface area contributed by atoms with Crippen LogP contribution in [-0.2, 0) is 4.74 Å². The van der Waals surface area contributed by atoms with Crippen molar-refractivity contribution >= 4 is 0 Å². The third kappa shape index (κ3) is 3.46. The van der Waals surface area contributed by atoms with Crippen LogP contribution in [0.1, 0.15) is 52.9 Å². The van der Waals surface area contributed by atoms with Crippen LogP contribution in [0.25, 0.3) is 0 Å². The van der Waals surface area contributed by atoms with Gasteiger partial charge in [0.15, 0.2) is 0 Å². The lowest BCUT2D eigenvalue weighted by atomic mass is 9.69. The average molecular weight is 214 g/mol. The van der Waals surface area contributed by atoms with Crippen molar-refractivity contribution in [3.63, 3.8) is 0 Å². The van der Waals surface area contributed by atoms with Crippen LogP contribution in [0.2, 0.25) is 0 Å². The lowest BCUT2D eigenvalue weighted by molar-refractivity contribution is -0.0588. The molecule has 0 aromatic rings. The normalized spacial score (nSPS) is 39.0. The van der Waals surface area contributed by atoms with Crippen LogP contribution in [0.3, 0.4) is 0 Å². The van der Waals surface area contributed by atoms with E-state index in [1.54, 1.807) is 7.11 Å². The molecule has 0 bridgehead atoms. The SMILES string of the molecule is CCCC1CC(C)(O)CCC1C(C)OC. The van der Waals surface area contributed by atoms with Crippen LogP contribution in [-0.4, -0.2) is 23.9 Å². The fourth-order valence-corrected chi connectivity index (χ4v) is 3.01. The molecule has 4 unspecified atom stereocenters. The molecule has 2 nitrogen and oxygen atoms in total. The molecule has 2 heteroatoms. The smallest absolute Gasteiger partial charge is 0.0622 e. The molecule has 0 aliphatic heterocycles. The van der Waals surface area contributed by atoms with E-state index >= 15 is 0 Å². The molecule has 90 valence electrons. The summed E-state index contributed by atoms with van der Waals surface area (Å²) in [6.45, 7) is 6.36. The third-order valence-corrected chi connectivity index (χ3v) is 3.96. The number of methoxy groups -OCH3 is 1. The van der Waals surface area contributed by atoms with E-state index in [1.165, 1.54) is 12.8 Å². The zero-order valence-electron chi connectivity index (χ0n) is 10.6. The first-order valence-electron chi connectivity index (χ1n) is 6.25. The first kappa shape index (κ1) is 13.0. The van der Waals surface area contributed by atoms with Crippen LogP contribution in [0.15, 0.2) is 0 Å². The van der Waals surface area contributed by atoms with Gasteiger partial charge in [0, 0.05) is 7.11 Å². The van der Waals surface area contributed by atoms with Gasteiger partial charge in [-0.25, -0.2) is 0 Å². The summed E-state index contributed by atoms with van der Waals surface area (Å²) in [5.74, 6) is 1.27. The van der Waals surface area contributed by atoms with Gasteiger partial charge in [-0.2, -0.15) is 0 Å². The molecular formula is C13H26O2. The molecule has 1 aliphatic rings. The highest BCUT2D eigenvalue weighted by molar-refractivity contribution is 4.89. The highest BCUT2D eigenvalue weighted by Crippen LogP contribution is 2.40. The average Bonchev–Trinajstić information content (AvgIpc) is 2.16. The summed E-state index contributed by atoms with van der Waals surface area (Å²) in [7, 11) is 1.79. The van der Waals surface area contributed by atoms with Crippen LogP contribution >= 0.6 is 0 Å². The Labute approximate surface area is 94.0 Å². The molecule has 0 aromatic carbocycles. The Balaban J connectivity index is 2.63. The van der Waals surface area contributed by atoms with E-state index in [-0.39, 0.29) is 0 Å². The topological polar surface area (TPSA) is 29.5 Å².